The average Bonchev–Trinajstić information content (AvgIpc) is 3.20. The molecule has 11 heteroatoms. The number of halogens is 3. The number of thioether (sulfide) groups is 1. The number of anilines is 1. The van der Waals surface area contributed by atoms with Crippen molar-refractivity contribution >= 4 is 35.4 Å². The number of amides is 3. The van der Waals surface area contributed by atoms with Gasteiger partial charge in [-0.2, -0.15) is 13.2 Å². The number of hydrogen-bond donors (Lipinski definition) is 0. The van der Waals surface area contributed by atoms with Crippen molar-refractivity contribution in [3.63, 3.8) is 0 Å². The molecular formula is C18H13F3N2O5S. The van der Waals surface area contributed by atoms with Crippen LogP contribution in [0.5, 0.6) is 0 Å². The van der Waals surface area contributed by atoms with Crippen LogP contribution in [0, 0.1) is 0 Å². The molecule has 0 aliphatic carbocycles. The van der Waals surface area contributed by atoms with Gasteiger partial charge in [-0.3, -0.25) is 9.69 Å². The zero-order valence-corrected chi connectivity index (χ0v) is 15.7. The summed E-state index contributed by atoms with van der Waals surface area (Å²) in [5.74, 6) is -1.27. The first-order valence-corrected chi connectivity index (χ1v) is 8.80. The normalized spacial score (nSPS) is 14.7. The number of nitrogens with zero attached hydrogens (tertiary/aromatic N) is 2. The highest BCUT2D eigenvalue weighted by molar-refractivity contribution is 8.00. The molecule has 152 valence electrons. The van der Waals surface area contributed by atoms with E-state index in [0.717, 1.165) is 21.9 Å². The number of urea groups is 1. The van der Waals surface area contributed by atoms with Crippen LogP contribution < -0.4 is 4.90 Å². The van der Waals surface area contributed by atoms with Gasteiger partial charge in [0, 0.05) is 4.90 Å². The zero-order valence-electron chi connectivity index (χ0n) is 14.9. The molecule has 3 rings (SSSR count). The lowest BCUT2D eigenvalue weighted by atomic mass is 10.3. The Kier molecular flexibility index (Phi) is 5.42. The first kappa shape index (κ1) is 20.5. The number of hydrogen-bond acceptors (Lipinski definition) is 6. The van der Waals surface area contributed by atoms with E-state index >= 15 is 0 Å². The summed E-state index contributed by atoms with van der Waals surface area (Å²) in [4.78, 5) is 38.4. The summed E-state index contributed by atoms with van der Waals surface area (Å²) in [5.41, 5.74) is -4.48. The lowest BCUT2D eigenvalue weighted by Crippen LogP contribution is -2.32. The molecule has 0 N–H and O–H groups in total. The zero-order chi connectivity index (χ0) is 21.3. The molecule has 7 nitrogen and oxygen atoms in total. The number of carbonyl (C=O) groups excluding carboxylic acids is 3. The third-order valence-corrected chi connectivity index (χ3v) is 4.63. The van der Waals surface area contributed by atoms with Gasteiger partial charge in [0.15, 0.2) is 0 Å². The maximum absolute atomic E-state index is 12.7. The Balaban J connectivity index is 1.78. The van der Waals surface area contributed by atoms with Crippen molar-refractivity contribution in [2.75, 3.05) is 12.0 Å². The van der Waals surface area contributed by atoms with E-state index in [4.69, 9.17) is 4.42 Å². The molecule has 2 heterocycles. The molecule has 0 saturated carbocycles. The Labute approximate surface area is 166 Å². The van der Waals surface area contributed by atoms with Crippen LogP contribution in [0.25, 0.3) is 0 Å². The first-order valence-electron chi connectivity index (χ1n) is 7.98. The molecule has 0 bridgehead atoms. The highest BCUT2D eigenvalue weighted by atomic mass is 32.2. The molecule has 0 unspecified atom stereocenters. The number of carbonyl (C=O) groups is 3. The van der Waals surface area contributed by atoms with Crippen LogP contribution in [0.3, 0.4) is 0 Å². The first-order chi connectivity index (χ1) is 13.6. The van der Waals surface area contributed by atoms with Gasteiger partial charge in [0.25, 0.3) is 5.91 Å². The van der Waals surface area contributed by atoms with Crippen molar-refractivity contribution in [3.05, 3.63) is 60.2 Å². The molecule has 1 aromatic carbocycles. The number of imide groups is 1. The van der Waals surface area contributed by atoms with Gasteiger partial charge in [0.1, 0.15) is 11.5 Å². The van der Waals surface area contributed by atoms with Gasteiger partial charge in [0.05, 0.1) is 19.3 Å². The van der Waals surface area contributed by atoms with Crippen molar-refractivity contribution in [2.24, 2.45) is 0 Å². The molecule has 1 fully saturated rings. The second-order valence-corrected chi connectivity index (χ2v) is 6.89. The summed E-state index contributed by atoms with van der Waals surface area (Å²) in [5, 5.41) is 0. The van der Waals surface area contributed by atoms with E-state index in [1.54, 1.807) is 0 Å². The molecule has 3 amide bonds. The molecular weight excluding hydrogens is 413 g/mol. The number of ether oxygens (including phenoxy) is 1. The molecule has 2 aromatic rings. The van der Waals surface area contributed by atoms with Crippen molar-refractivity contribution in [1.82, 2.24) is 4.90 Å². The monoisotopic (exact) mass is 426 g/mol. The largest absolute Gasteiger partial charge is 0.463 e. The Morgan fingerprint density at radius 3 is 2.41 bits per heavy atom. The van der Waals surface area contributed by atoms with Crippen LogP contribution in [0.1, 0.15) is 16.3 Å². The Bertz CT molecular complexity index is 984. The number of benzene rings is 1. The van der Waals surface area contributed by atoms with E-state index in [1.807, 2.05) is 0 Å². The smallest absolute Gasteiger partial charge is 0.446 e. The number of methoxy groups -OCH3 is 1. The molecule has 0 spiro atoms. The number of furan rings is 1. The quantitative estimate of drug-likeness (QED) is 0.309. The van der Waals surface area contributed by atoms with Crippen LogP contribution in [-0.4, -0.2) is 35.4 Å². The average molecular weight is 426 g/mol. The summed E-state index contributed by atoms with van der Waals surface area (Å²) >= 11 is -0.304. The van der Waals surface area contributed by atoms with Gasteiger partial charge in [0.2, 0.25) is 5.76 Å². The number of esters is 1. The highest BCUT2D eigenvalue weighted by Gasteiger charge is 2.41. The maximum atomic E-state index is 12.7. The number of alkyl halides is 3. The minimum Gasteiger partial charge on any atom is -0.463 e. The molecule has 29 heavy (non-hydrogen) atoms. The fourth-order valence-corrected chi connectivity index (χ4v) is 3.12. The summed E-state index contributed by atoms with van der Waals surface area (Å²) < 4.78 is 47.1. The van der Waals surface area contributed by atoms with Gasteiger partial charge in [-0.15, -0.1) is 0 Å². The predicted octanol–water partition coefficient (Wildman–Crippen LogP) is 4.16. The van der Waals surface area contributed by atoms with Crippen molar-refractivity contribution in [2.45, 2.75) is 16.9 Å². The van der Waals surface area contributed by atoms with Gasteiger partial charge in [-0.25, -0.2) is 14.5 Å². The molecule has 1 aliphatic rings. The van der Waals surface area contributed by atoms with Gasteiger partial charge in [-0.05, 0) is 48.2 Å². The number of rotatable bonds is 5. The van der Waals surface area contributed by atoms with Crippen LogP contribution in [0.2, 0.25) is 0 Å². The SMILES string of the molecule is C=C1C(=O)N(c2ccc(SC(F)(F)F)cc2)C(=O)N1Cc1ccc(C(=O)OC)o1. The van der Waals surface area contributed by atoms with E-state index in [1.165, 1.54) is 31.4 Å². The maximum Gasteiger partial charge on any atom is 0.446 e. The van der Waals surface area contributed by atoms with Crippen molar-refractivity contribution in [3.8, 4) is 0 Å². The molecule has 1 saturated heterocycles. The van der Waals surface area contributed by atoms with Gasteiger partial charge < -0.3 is 9.15 Å². The molecule has 1 aliphatic heterocycles. The summed E-state index contributed by atoms with van der Waals surface area (Å²) in [6.45, 7) is 3.42. The Hall–Kier alpha value is -3.21. The lowest BCUT2D eigenvalue weighted by Gasteiger charge is -2.16. The van der Waals surface area contributed by atoms with Crippen molar-refractivity contribution in [1.29, 1.82) is 0 Å². The van der Waals surface area contributed by atoms with Crippen LogP contribution in [0.15, 0.2) is 58.0 Å². The third-order valence-electron chi connectivity index (χ3n) is 3.89. The van der Waals surface area contributed by atoms with Crippen LogP contribution in [-0.2, 0) is 16.1 Å². The molecule has 1 aromatic heterocycles. The predicted molar refractivity (Wildman–Crippen MR) is 96.0 cm³/mol. The van der Waals surface area contributed by atoms with Gasteiger partial charge in [-0.1, -0.05) is 6.58 Å². The van der Waals surface area contributed by atoms with Crippen molar-refractivity contribution < 1.29 is 36.7 Å². The van der Waals surface area contributed by atoms with E-state index < -0.39 is 23.4 Å². The third kappa shape index (κ3) is 4.29. The fourth-order valence-electron chi connectivity index (χ4n) is 2.58. The standard InChI is InChI=1S/C18H13F3N2O5S/c1-10-15(24)23(11-3-6-13(7-4-11)29-18(19,20)21)17(26)22(10)9-12-5-8-14(28-12)16(25)27-2/h3-8H,1,9H2,2H3. The molecule has 0 atom stereocenters. The minimum atomic E-state index is -4.45. The topological polar surface area (TPSA) is 80.1 Å². The van der Waals surface area contributed by atoms with Crippen LogP contribution in [0.4, 0.5) is 23.7 Å². The summed E-state index contributed by atoms with van der Waals surface area (Å²) in [6.07, 6.45) is 0. The minimum absolute atomic E-state index is 0.0688. The lowest BCUT2D eigenvalue weighted by molar-refractivity contribution is -0.114. The molecule has 0 radical (unpaired) electrons. The highest BCUT2D eigenvalue weighted by Crippen LogP contribution is 2.38. The van der Waals surface area contributed by atoms with E-state index in [2.05, 4.69) is 11.3 Å². The van der Waals surface area contributed by atoms with Gasteiger partial charge >= 0.3 is 17.5 Å². The fraction of sp³-hybridized carbons (Fsp3) is 0.167. The van der Waals surface area contributed by atoms with E-state index in [0.29, 0.717) is 0 Å². The Morgan fingerprint density at radius 2 is 1.83 bits per heavy atom. The second kappa shape index (κ2) is 7.66. The second-order valence-electron chi connectivity index (χ2n) is 5.76. The van der Waals surface area contributed by atoms with E-state index in [-0.39, 0.29) is 46.1 Å². The summed E-state index contributed by atoms with van der Waals surface area (Å²) in [7, 11) is 1.19. The van der Waals surface area contributed by atoms with E-state index in [9.17, 15) is 27.6 Å². The van der Waals surface area contributed by atoms with Crippen LogP contribution >= 0.6 is 11.8 Å². The Morgan fingerprint density at radius 1 is 1.17 bits per heavy atom. The summed E-state index contributed by atoms with van der Waals surface area (Å²) in [6, 6.07) is 6.87.